The zero-order valence-electron chi connectivity index (χ0n) is 15.6. The van der Waals surface area contributed by atoms with Crippen LogP contribution in [0.5, 0.6) is 5.75 Å². The van der Waals surface area contributed by atoms with Crippen LogP contribution >= 0.6 is 11.8 Å². The fraction of sp³-hybridized carbons (Fsp3) is 0.286. The van der Waals surface area contributed by atoms with Gasteiger partial charge in [0.25, 0.3) is 0 Å². The van der Waals surface area contributed by atoms with Crippen LogP contribution < -0.4 is 10.1 Å². The first-order valence-electron chi connectivity index (χ1n) is 8.60. The van der Waals surface area contributed by atoms with Crippen LogP contribution in [0.3, 0.4) is 0 Å². The molecule has 2 rings (SSSR count). The molecule has 4 nitrogen and oxygen atoms in total. The number of ether oxygens (including phenoxy) is 1. The van der Waals surface area contributed by atoms with Crippen molar-refractivity contribution in [3.05, 3.63) is 60.2 Å². The quantitative estimate of drug-likeness (QED) is 0.536. The van der Waals surface area contributed by atoms with Crippen molar-refractivity contribution < 1.29 is 9.53 Å². The summed E-state index contributed by atoms with van der Waals surface area (Å²) >= 11 is 1.67. The van der Waals surface area contributed by atoms with Crippen molar-refractivity contribution in [2.24, 2.45) is 0 Å². The Bertz CT molecular complexity index is 727. The second-order valence-corrected chi connectivity index (χ2v) is 7.21. The third-order valence-electron chi connectivity index (χ3n) is 3.70. The van der Waals surface area contributed by atoms with Crippen LogP contribution in [0.1, 0.15) is 12.0 Å². The van der Waals surface area contributed by atoms with Gasteiger partial charge < -0.3 is 15.0 Å². The molecule has 0 radical (unpaired) electrons. The van der Waals surface area contributed by atoms with Gasteiger partial charge >= 0.3 is 0 Å². The zero-order chi connectivity index (χ0) is 18.8. The van der Waals surface area contributed by atoms with E-state index in [9.17, 15) is 4.79 Å². The molecule has 0 heterocycles. The van der Waals surface area contributed by atoms with E-state index in [0.29, 0.717) is 6.54 Å². The van der Waals surface area contributed by atoms with E-state index >= 15 is 0 Å². The van der Waals surface area contributed by atoms with Gasteiger partial charge in [0.05, 0.1) is 7.11 Å². The lowest BCUT2D eigenvalue weighted by atomic mass is 10.2. The molecule has 2 aromatic carbocycles. The molecule has 1 N–H and O–H groups in total. The van der Waals surface area contributed by atoms with Gasteiger partial charge in [-0.1, -0.05) is 30.0 Å². The number of amides is 1. The Kier molecular flexibility index (Phi) is 8.25. The predicted octanol–water partition coefficient (Wildman–Crippen LogP) is 3.93. The number of benzene rings is 2. The monoisotopic (exact) mass is 370 g/mol. The van der Waals surface area contributed by atoms with Gasteiger partial charge in [-0.25, -0.2) is 0 Å². The van der Waals surface area contributed by atoms with E-state index in [2.05, 4.69) is 16.3 Å². The average molecular weight is 371 g/mol. The standard InChI is InChI=1S/C21H26N2O2S/c1-23(2)16-6-15-22-21(24)14-9-17-7-4-5-8-20(17)26-19-12-10-18(25-3)11-13-19/h4-5,7-14H,6,15-16H2,1-3H3,(H,22,24)/b14-9+. The normalized spacial score (nSPS) is 11.1. The number of hydrogen-bond acceptors (Lipinski definition) is 4. The Balaban J connectivity index is 1.95. The Hall–Kier alpha value is -2.24. The number of methoxy groups -OCH3 is 1. The lowest BCUT2D eigenvalue weighted by Gasteiger charge is -2.09. The van der Waals surface area contributed by atoms with Gasteiger partial charge in [-0.15, -0.1) is 0 Å². The van der Waals surface area contributed by atoms with Gasteiger partial charge in [0.2, 0.25) is 5.91 Å². The molecule has 138 valence electrons. The molecule has 5 heteroatoms. The Morgan fingerprint density at radius 1 is 1.15 bits per heavy atom. The second-order valence-electron chi connectivity index (χ2n) is 6.10. The van der Waals surface area contributed by atoms with E-state index in [1.807, 2.05) is 62.6 Å². The van der Waals surface area contributed by atoms with Gasteiger partial charge in [-0.2, -0.15) is 0 Å². The third-order valence-corrected chi connectivity index (χ3v) is 4.80. The van der Waals surface area contributed by atoms with Crippen LogP contribution in [-0.2, 0) is 4.79 Å². The number of carbonyl (C=O) groups excluding carboxylic acids is 1. The fourth-order valence-corrected chi connectivity index (χ4v) is 3.24. The van der Waals surface area contributed by atoms with Crippen molar-refractivity contribution in [2.45, 2.75) is 16.2 Å². The molecule has 0 spiro atoms. The van der Waals surface area contributed by atoms with E-state index in [1.165, 1.54) is 0 Å². The molecule has 0 fully saturated rings. The first-order valence-corrected chi connectivity index (χ1v) is 9.41. The topological polar surface area (TPSA) is 41.6 Å². The molecule has 0 atom stereocenters. The minimum Gasteiger partial charge on any atom is -0.497 e. The van der Waals surface area contributed by atoms with Gasteiger partial charge in [0.1, 0.15) is 5.75 Å². The number of nitrogens with one attached hydrogen (secondary N) is 1. The molecule has 2 aromatic rings. The molecule has 0 aromatic heterocycles. The van der Waals surface area contributed by atoms with Crippen molar-refractivity contribution in [1.29, 1.82) is 0 Å². The van der Waals surface area contributed by atoms with Crippen molar-refractivity contribution in [3.63, 3.8) is 0 Å². The SMILES string of the molecule is COc1ccc(Sc2ccccc2/C=C/C(=O)NCCCN(C)C)cc1. The largest absolute Gasteiger partial charge is 0.497 e. The molecular formula is C21H26N2O2S. The summed E-state index contributed by atoms with van der Waals surface area (Å²) in [5.74, 6) is 0.779. The summed E-state index contributed by atoms with van der Waals surface area (Å²) < 4.78 is 5.19. The maximum Gasteiger partial charge on any atom is 0.244 e. The molecule has 0 saturated carbocycles. The van der Waals surface area contributed by atoms with Gasteiger partial charge in [-0.3, -0.25) is 4.79 Å². The Morgan fingerprint density at radius 2 is 1.88 bits per heavy atom. The van der Waals surface area contributed by atoms with Crippen LogP contribution in [0.25, 0.3) is 6.08 Å². The number of hydrogen-bond donors (Lipinski definition) is 1. The summed E-state index contributed by atoms with van der Waals surface area (Å²) in [7, 11) is 5.71. The minimum absolute atomic E-state index is 0.0620. The van der Waals surface area contributed by atoms with E-state index < -0.39 is 0 Å². The van der Waals surface area contributed by atoms with E-state index in [1.54, 1.807) is 24.9 Å². The summed E-state index contributed by atoms with van der Waals surface area (Å²) in [5, 5.41) is 2.92. The first-order chi connectivity index (χ1) is 12.6. The van der Waals surface area contributed by atoms with Crippen molar-refractivity contribution in [2.75, 3.05) is 34.3 Å². The second kappa shape index (κ2) is 10.7. The third kappa shape index (κ3) is 6.94. The Labute approximate surface area is 160 Å². The maximum atomic E-state index is 12.0. The molecule has 26 heavy (non-hydrogen) atoms. The molecule has 1 amide bonds. The van der Waals surface area contributed by atoms with Gasteiger partial charge in [-0.05, 0) is 69.0 Å². The lowest BCUT2D eigenvalue weighted by molar-refractivity contribution is -0.116. The highest BCUT2D eigenvalue weighted by Gasteiger charge is 2.03. The summed E-state index contributed by atoms with van der Waals surface area (Å²) in [5.41, 5.74) is 1.02. The molecule has 0 bridgehead atoms. The average Bonchev–Trinajstić information content (AvgIpc) is 2.65. The van der Waals surface area contributed by atoms with E-state index in [4.69, 9.17) is 4.74 Å². The summed E-state index contributed by atoms with van der Waals surface area (Å²) in [6.45, 7) is 1.65. The highest BCUT2D eigenvalue weighted by Crippen LogP contribution is 2.32. The van der Waals surface area contributed by atoms with E-state index in [-0.39, 0.29) is 5.91 Å². The van der Waals surface area contributed by atoms with Crippen molar-refractivity contribution in [3.8, 4) is 5.75 Å². The van der Waals surface area contributed by atoms with Crippen molar-refractivity contribution in [1.82, 2.24) is 10.2 Å². The van der Waals surface area contributed by atoms with Crippen LogP contribution in [0.4, 0.5) is 0 Å². The van der Waals surface area contributed by atoms with Gasteiger partial charge in [0.15, 0.2) is 0 Å². The summed E-state index contributed by atoms with van der Waals surface area (Å²) in [4.78, 5) is 16.3. The maximum absolute atomic E-state index is 12.0. The number of rotatable bonds is 9. The first kappa shape index (κ1) is 20.1. The van der Waals surface area contributed by atoms with Gasteiger partial charge in [0, 0.05) is 22.4 Å². The number of carbonyl (C=O) groups is 1. The molecule has 0 aliphatic carbocycles. The summed E-state index contributed by atoms with van der Waals surface area (Å²) in [6, 6.07) is 16.0. The zero-order valence-corrected chi connectivity index (χ0v) is 16.4. The molecule has 0 saturated heterocycles. The molecule has 0 unspecified atom stereocenters. The predicted molar refractivity (Wildman–Crippen MR) is 109 cm³/mol. The smallest absolute Gasteiger partial charge is 0.244 e. The van der Waals surface area contributed by atoms with E-state index in [0.717, 1.165) is 34.1 Å². The highest BCUT2D eigenvalue weighted by atomic mass is 32.2. The van der Waals surface area contributed by atoms with Crippen LogP contribution in [0.2, 0.25) is 0 Å². The van der Waals surface area contributed by atoms with Crippen LogP contribution in [0, 0.1) is 0 Å². The summed E-state index contributed by atoms with van der Waals surface area (Å²) in [6.07, 6.45) is 4.41. The fourth-order valence-electron chi connectivity index (χ4n) is 2.31. The molecule has 0 aliphatic rings. The van der Waals surface area contributed by atoms with Crippen LogP contribution in [-0.4, -0.2) is 45.1 Å². The minimum atomic E-state index is -0.0620. The lowest BCUT2D eigenvalue weighted by Crippen LogP contribution is -2.25. The Morgan fingerprint density at radius 3 is 2.58 bits per heavy atom. The van der Waals surface area contributed by atoms with Crippen molar-refractivity contribution >= 4 is 23.7 Å². The molecular weight excluding hydrogens is 344 g/mol. The highest BCUT2D eigenvalue weighted by molar-refractivity contribution is 7.99. The molecule has 0 aliphatic heterocycles. The number of nitrogens with zero attached hydrogens (tertiary/aromatic N) is 1. The van der Waals surface area contributed by atoms with Crippen LogP contribution in [0.15, 0.2) is 64.4 Å².